The molecular formula is C71H72. The van der Waals surface area contributed by atoms with Crippen LogP contribution in [0.4, 0.5) is 0 Å². The van der Waals surface area contributed by atoms with Crippen LogP contribution in [0.5, 0.6) is 0 Å². The van der Waals surface area contributed by atoms with Crippen molar-refractivity contribution in [1.29, 1.82) is 0 Å². The average Bonchev–Trinajstić information content (AvgIpc) is 3.67. The Morgan fingerprint density at radius 2 is 0.915 bits per heavy atom. The first-order valence-electron chi connectivity index (χ1n) is 26.3. The van der Waals surface area contributed by atoms with E-state index in [0.29, 0.717) is 5.92 Å². The molecule has 9 aromatic carbocycles. The molecule has 0 heteroatoms. The number of benzene rings is 9. The second-order valence-corrected chi connectivity index (χ2v) is 26.1. The average molecular weight is 925 g/mol. The van der Waals surface area contributed by atoms with Gasteiger partial charge in [-0.1, -0.05) is 255 Å². The van der Waals surface area contributed by atoms with E-state index in [4.69, 9.17) is 0 Å². The smallest absolute Gasteiger partial charge is 0.0181 e. The van der Waals surface area contributed by atoms with Gasteiger partial charge in [0.25, 0.3) is 0 Å². The van der Waals surface area contributed by atoms with Crippen molar-refractivity contribution >= 4 is 37.9 Å². The quantitative estimate of drug-likeness (QED) is 0.154. The van der Waals surface area contributed by atoms with Crippen molar-refractivity contribution in [1.82, 2.24) is 0 Å². The molecule has 0 radical (unpaired) electrons. The lowest BCUT2D eigenvalue weighted by atomic mass is 9.65. The predicted octanol–water partition coefficient (Wildman–Crippen LogP) is 19.8. The summed E-state index contributed by atoms with van der Waals surface area (Å²) in [6.07, 6.45) is 7.67. The lowest BCUT2D eigenvalue weighted by Gasteiger charge is -2.38. The normalized spacial score (nSPS) is 19.0. The summed E-state index contributed by atoms with van der Waals surface area (Å²) < 4.78 is 0. The third kappa shape index (κ3) is 6.91. The van der Waals surface area contributed by atoms with Crippen molar-refractivity contribution in [2.24, 2.45) is 5.92 Å². The standard InChI is InChI=1S/C71H70.H2/c1-66(2,3)51-28-31-56-59(40-51)69(10,11)61-41-53(68(7,8)9)39-57(65(56)61)48-33-34-71(14)58-32-27-47(37-60(58)70(12,13)62(71)38-48)44-17-15-42(16-18-44)43-19-21-45(22-20-43)54-29-25-46-23-24-49-35-52(67(4,5)6)36-50-26-30-55(54)64(46)63(49)50;/h15-41,62H,1-14H3;1H. The molecule has 356 valence electrons. The second-order valence-electron chi connectivity index (χ2n) is 26.1. The van der Waals surface area contributed by atoms with Crippen molar-refractivity contribution in [3.63, 3.8) is 0 Å². The van der Waals surface area contributed by atoms with Gasteiger partial charge >= 0.3 is 0 Å². The third-order valence-corrected chi connectivity index (χ3v) is 17.7. The zero-order valence-electron chi connectivity index (χ0n) is 44.7. The fraction of sp³-hybridized carbons (Fsp3) is 0.296. The van der Waals surface area contributed by atoms with Gasteiger partial charge in [0.05, 0.1) is 0 Å². The molecule has 0 bridgehead atoms. The minimum atomic E-state index is -0.103. The first-order chi connectivity index (χ1) is 33.4. The number of fused-ring (bicyclic) bond motifs is 6. The van der Waals surface area contributed by atoms with E-state index < -0.39 is 0 Å². The maximum absolute atomic E-state index is 2.66. The summed E-state index contributed by atoms with van der Waals surface area (Å²) >= 11 is 0. The fourth-order valence-corrected chi connectivity index (χ4v) is 13.2. The first kappa shape index (κ1) is 45.6. The lowest BCUT2D eigenvalue weighted by Crippen LogP contribution is -2.34. The summed E-state index contributed by atoms with van der Waals surface area (Å²) in [5.74, 6) is 0.305. The minimum absolute atomic E-state index is 0. The number of hydrogen-bond acceptors (Lipinski definition) is 0. The highest BCUT2D eigenvalue weighted by Crippen LogP contribution is 2.60. The van der Waals surface area contributed by atoms with Gasteiger partial charge in [0, 0.05) is 12.3 Å². The Balaban J connectivity index is 0.00000560. The molecule has 2 atom stereocenters. The first-order valence-corrected chi connectivity index (χ1v) is 26.3. The molecule has 0 aliphatic heterocycles. The van der Waals surface area contributed by atoms with E-state index in [-0.39, 0.29) is 33.9 Å². The monoisotopic (exact) mass is 925 g/mol. The van der Waals surface area contributed by atoms with E-state index >= 15 is 0 Å². The highest BCUT2D eigenvalue weighted by molar-refractivity contribution is 6.25. The van der Waals surface area contributed by atoms with Gasteiger partial charge in [-0.2, -0.15) is 0 Å². The molecule has 3 aliphatic rings. The Morgan fingerprint density at radius 1 is 0.394 bits per heavy atom. The molecule has 9 aromatic rings. The number of rotatable bonds is 4. The van der Waals surface area contributed by atoms with Crippen LogP contribution in [0.2, 0.25) is 0 Å². The Bertz CT molecular complexity index is 3710. The van der Waals surface area contributed by atoms with E-state index in [1.807, 2.05) is 0 Å². The Hall–Kier alpha value is -6.50. The Labute approximate surface area is 425 Å². The molecule has 0 heterocycles. The van der Waals surface area contributed by atoms with Crippen molar-refractivity contribution in [3.05, 3.63) is 208 Å². The van der Waals surface area contributed by atoms with Gasteiger partial charge in [0.2, 0.25) is 0 Å². The SMILES string of the molecule is CC(C)(C)c1ccc2c(c1)C(C)(C)c1cc(C(C)(C)C)cc(C3=CC4C(C)(C)c5cc(-c6ccc(-c7ccc(-c8ccc9ccc%10cc(C(C)(C)C)cc%11ccc8c9c%10%11)cc7)cc6)ccc5C4(C)C=C3)c1-2.[HH]. The second kappa shape index (κ2) is 15.0. The summed E-state index contributed by atoms with van der Waals surface area (Å²) in [5.41, 5.74) is 23.0. The predicted molar refractivity (Wildman–Crippen MR) is 310 cm³/mol. The van der Waals surface area contributed by atoms with Gasteiger partial charge in [-0.25, -0.2) is 0 Å². The summed E-state index contributed by atoms with van der Waals surface area (Å²) in [6, 6.07) is 56.8. The zero-order valence-corrected chi connectivity index (χ0v) is 44.7. The Kier molecular flexibility index (Phi) is 9.65. The van der Waals surface area contributed by atoms with Crippen LogP contribution in [0.1, 0.15) is 143 Å². The van der Waals surface area contributed by atoms with Crippen molar-refractivity contribution in [2.45, 2.75) is 129 Å². The maximum atomic E-state index is 2.66. The van der Waals surface area contributed by atoms with Crippen LogP contribution in [0.3, 0.4) is 0 Å². The maximum Gasteiger partial charge on any atom is 0.0181 e. The zero-order chi connectivity index (χ0) is 49.9. The molecule has 0 N–H and O–H groups in total. The van der Waals surface area contributed by atoms with Gasteiger partial charge < -0.3 is 0 Å². The van der Waals surface area contributed by atoms with Crippen LogP contribution in [0, 0.1) is 5.92 Å². The van der Waals surface area contributed by atoms with Gasteiger partial charge in [0.1, 0.15) is 0 Å². The highest BCUT2D eigenvalue weighted by Gasteiger charge is 2.53. The van der Waals surface area contributed by atoms with Crippen molar-refractivity contribution < 1.29 is 1.43 Å². The Morgan fingerprint density at radius 3 is 1.55 bits per heavy atom. The molecule has 0 nitrogen and oxygen atoms in total. The molecule has 71 heavy (non-hydrogen) atoms. The lowest BCUT2D eigenvalue weighted by molar-refractivity contribution is 0.325. The summed E-state index contributed by atoms with van der Waals surface area (Å²) in [6.45, 7) is 33.3. The molecule has 0 saturated carbocycles. The van der Waals surface area contributed by atoms with Crippen molar-refractivity contribution in [2.75, 3.05) is 0 Å². The van der Waals surface area contributed by atoms with E-state index in [1.165, 1.54) is 127 Å². The molecule has 0 fully saturated rings. The molecule has 0 spiro atoms. The molecule has 3 aliphatic carbocycles. The van der Waals surface area contributed by atoms with Gasteiger partial charge in [-0.05, 0) is 161 Å². The van der Waals surface area contributed by atoms with Gasteiger partial charge in [-0.15, -0.1) is 0 Å². The largest absolute Gasteiger partial charge is 0.0730 e. The summed E-state index contributed by atoms with van der Waals surface area (Å²) in [7, 11) is 0. The highest BCUT2D eigenvalue weighted by atomic mass is 14.6. The molecule has 0 amide bonds. The number of hydrogen-bond donors (Lipinski definition) is 0. The van der Waals surface area contributed by atoms with Gasteiger partial charge in [0.15, 0.2) is 0 Å². The van der Waals surface area contributed by atoms with Crippen LogP contribution in [0.15, 0.2) is 164 Å². The van der Waals surface area contributed by atoms with Crippen LogP contribution in [-0.4, -0.2) is 0 Å². The molecule has 2 unspecified atom stereocenters. The topological polar surface area (TPSA) is 0 Å². The fourth-order valence-electron chi connectivity index (χ4n) is 13.2. The van der Waals surface area contributed by atoms with Crippen LogP contribution < -0.4 is 0 Å². The summed E-state index contributed by atoms with van der Waals surface area (Å²) in [5, 5.41) is 8.02. The molecule has 0 saturated heterocycles. The van der Waals surface area contributed by atoms with Crippen molar-refractivity contribution in [3.8, 4) is 44.5 Å². The molecule has 12 rings (SSSR count). The van der Waals surface area contributed by atoms with E-state index in [9.17, 15) is 0 Å². The van der Waals surface area contributed by atoms with E-state index in [1.54, 1.807) is 0 Å². The molecular weight excluding hydrogens is 853 g/mol. The minimum Gasteiger partial charge on any atom is -0.0730 e. The third-order valence-electron chi connectivity index (χ3n) is 17.7. The van der Waals surface area contributed by atoms with Crippen LogP contribution in [-0.2, 0) is 32.5 Å². The number of allylic oxidation sites excluding steroid dienone is 4. The van der Waals surface area contributed by atoms with Crippen LogP contribution >= 0.6 is 0 Å². The van der Waals surface area contributed by atoms with Gasteiger partial charge in [-0.3, -0.25) is 0 Å². The van der Waals surface area contributed by atoms with E-state index in [2.05, 4.69) is 261 Å². The van der Waals surface area contributed by atoms with E-state index in [0.717, 1.165) is 0 Å². The molecule has 0 aromatic heterocycles. The summed E-state index contributed by atoms with van der Waals surface area (Å²) in [4.78, 5) is 0. The van der Waals surface area contributed by atoms with Crippen LogP contribution in [0.25, 0.3) is 82.4 Å².